The van der Waals surface area contributed by atoms with Gasteiger partial charge in [0.1, 0.15) is 17.2 Å². The Kier molecular flexibility index (Phi) is 5.38. The Bertz CT molecular complexity index is 789. The lowest BCUT2D eigenvalue weighted by atomic mass is 9.71. The van der Waals surface area contributed by atoms with Crippen LogP contribution < -0.4 is 4.74 Å². The van der Waals surface area contributed by atoms with E-state index < -0.39 is 23.5 Å². The molecule has 1 aromatic rings. The predicted octanol–water partition coefficient (Wildman–Crippen LogP) is 4.33. The van der Waals surface area contributed by atoms with E-state index in [0.29, 0.717) is 18.6 Å². The van der Waals surface area contributed by atoms with Crippen molar-refractivity contribution in [2.45, 2.75) is 45.0 Å². The normalized spacial score (nSPS) is 28.2. The van der Waals surface area contributed by atoms with Gasteiger partial charge in [-0.3, -0.25) is 4.79 Å². The fourth-order valence-electron chi connectivity index (χ4n) is 4.01. The second-order valence-electron chi connectivity index (χ2n) is 7.21. The van der Waals surface area contributed by atoms with Gasteiger partial charge >= 0.3 is 0 Å². The summed E-state index contributed by atoms with van der Waals surface area (Å²) < 4.78 is 45.1. The van der Waals surface area contributed by atoms with E-state index in [1.807, 2.05) is 6.92 Å². The molecule has 1 heterocycles. The fraction of sp³-hybridized carbons (Fsp3) is 0.476. The molecule has 3 rings (SSSR count). The number of benzene rings is 1. The van der Waals surface area contributed by atoms with Gasteiger partial charge in [-0.25, -0.2) is 8.78 Å². The maximum absolute atomic E-state index is 14.4. The molecule has 0 radical (unpaired) electrons. The van der Waals surface area contributed by atoms with Crippen molar-refractivity contribution in [2.75, 3.05) is 7.11 Å². The highest BCUT2D eigenvalue weighted by Crippen LogP contribution is 2.48. The van der Waals surface area contributed by atoms with Crippen LogP contribution in [0.3, 0.4) is 0 Å². The van der Waals surface area contributed by atoms with E-state index in [2.05, 4.69) is 6.58 Å². The molecule has 0 bridgehead atoms. The highest BCUT2D eigenvalue weighted by Gasteiger charge is 2.53. The van der Waals surface area contributed by atoms with Crippen molar-refractivity contribution in [1.82, 2.24) is 0 Å². The highest BCUT2D eigenvalue weighted by molar-refractivity contribution is 5.93. The van der Waals surface area contributed by atoms with Gasteiger partial charge in [0.25, 0.3) is 0 Å². The lowest BCUT2D eigenvalue weighted by molar-refractivity contribution is -0.127. The number of methoxy groups -OCH3 is 1. The monoisotopic (exact) mass is 378 g/mol. The van der Waals surface area contributed by atoms with Crippen molar-refractivity contribution >= 4 is 5.78 Å². The summed E-state index contributed by atoms with van der Waals surface area (Å²) in [4.78, 5) is 12.3. The van der Waals surface area contributed by atoms with Gasteiger partial charge in [-0.1, -0.05) is 13.0 Å². The molecule has 4 nitrogen and oxygen atoms in total. The summed E-state index contributed by atoms with van der Waals surface area (Å²) in [7, 11) is 1.29. The Morgan fingerprint density at radius 1 is 1.41 bits per heavy atom. The molecule has 1 saturated heterocycles. The Balaban J connectivity index is 1.93. The van der Waals surface area contributed by atoms with Crippen LogP contribution in [-0.2, 0) is 20.7 Å². The van der Waals surface area contributed by atoms with Crippen LogP contribution in [-0.4, -0.2) is 24.8 Å². The summed E-state index contributed by atoms with van der Waals surface area (Å²) in [5.41, 5.74) is -0.612. The van der Waals surface area contributed by atoms with Crippen molar-refractivity contribution in [3.05, 3.63) is 53.8 Å². The minimum absolute atomic E-state index is 0.0212. The lowest BCUT2D eigenvalue weighted by Gasteiger charge is -2.38. The first-order valence-corrected chi connectivity index (χ1v) is 9.04. The zero-order valence-corrected chi connectivity index (χ0v) is 15.8. The van der Waals surface area contributed by atoms with Gasteiger partial charge in [-0.2, -0.15) is 0 Å². The van der Waals surface area contributed by atoms with E-state index >= 15 is 0 Å². The summed E-state index contributed by atoms with van der Waals surface area (Å²) in [6, 6.07) is 2.20. The molecule has 146 valence electrons. The summed E-state index contributed by atoms with van der Waals surface area (Å²) in [6.07, 6.45) is 3.87. The number of hydrogen-bond acceptors (Lipinski definition) is 4. The molecule has 0 aromatic heterocycles. The van der Waals surface area contributed by atoms with Gasteiger partial charge in [-0.15, -0.1) is 6.58 Å². The third-order valence-electron chi connectivity index (χ3n) is 5.41. The Morgan fingerprint density at radius 3 is 2.81 bits per heavy atom. The zero-order chi connectivity index (χ0) is 19.8. The summed E-state index contributed by atoms with van der Waals surface area (Å²) in [6.45, 7) is 7.37. The number of ketones is 1. The summed E-state index contributed by atoms with van der Waals surface area (Å²) >= 11 is 0. The molecule has 1 aliphatic carbocycles. The molecule has 1 fully saturated rings. The molecule has 1 aliphatic heterocycles. The van der Waals surface area contributed by atoms with Gasteiger partial charge in [0.2, 0.25) is 0 Å². The van der Waals surface area contributed by atoms with Gasteiger partial charge in [0, 0.05) is 18.1 Å². The number of allylic oxidation sites excluding steroid dienone is 2. The molecule has 0 spiro atoms. The van der Waals surface area contributed by atoms with E-state index in [-0.39, 0.29) is 35.4 Å². The first-order valence-electron chi connectivity index (χ1n) is 9.04. The Hall–Kier alpha value is -2.21. The first-order chi connectivity index (χ1) is 12.8. The number of carbonyl (C=O) groups is 1. The highest BCUT2D eigenvalue weighted by atomic mass is 19.1. The molecular weight excluding hydrogens is 354 g/mol. The molecule has 1 aromatic carbocycles. The third kappa shape index (κ3) is 3.50. The lowest BCUT2D eigenvalue weighted by Crippen LogP contribution is -2.45. The van der Waals surface area contributed by atoms with Gasteiger partial charge < -0.3 is 14.2 Å². The molecule has 6 heteroatoms. The molecule has 4 atom stereocenters. The van der Waals surface area contributed by atoms with Crippen LogP contribution in [0.4, 0.5) is 8.78 Å². The van der Waals surface area contributed by atoms with E-state index in [4.69, 9.17) is 14.2 Å². The van der Waals surface area contributed by atoms with Crippen LogP contribution in [0, 0.1) is 23.5 Å². The molecule has 0 N–H and O–H groups in total. The minimum atomic E-state index is -0.843. The standard InChI is InChI=1S/C21H24F2O4/c1-5-6-14-11-21(20(10-18(14)24)26-13(3)27-21)12(2)7-15-8-17(23)19(25-4)9-16(15)22/h5,8-10,12-14H,1,6-7,11H2,2-4H3/t12-,13?,14+,21-/m1/s1. The number of hydrogen-bond donors (Lipinski definition) is 0. The number of fused-ring (bicyclic) bond motifs is 1. The number of carbonyl (C=O) groups excluding carboxylic acids is 1. The largest absolute Gasteiger partial charge is 0.494 e. The van der Waals surface area contributed by atoms with Crippen molar-refractivity contribution in [3.63, 3.8) is 0 Å². The number of ether oxygens (including phenoxy) is 3. The second kappa shape index (κ2) is 7.43. The van der Waals surface area contributed by atoms with E-state index in [9.17, 15) is 13.6 Å². The smallest absolute Gasteiger partial charge is 0.197 e. The zero-order valence-electron chi connectivity index (χ0n) is 15.8. The average Bonchev–Trinajstić information content (AvgIpc) is 2.94. The molecule has 0 saturated carbocycles. The van der Waals surface area contributed by atoms with Crippen LogP contribution in [0.1, 0.15) is 32.3 Å². The minimum Gasteiger partial charge on any atom is -0.494 e. The topological polar surface area (TPSA) is 44.8 Å². The Labute approximate surface area is 157 Å². The number of rotatable bonds is 6. The predicted molar refractivity (Wildman–Crippen MR) is 96.2 cm³/mol. The van der Waals surface area contributed by atoms with Crippen molar-refractivity contribution < 1.29 is 27.8 Å². The van der Waals surface area contributed by atoms with Crippen molar-refractivity contribution in [2.24, 2.45) is 11.8 Å². The van der Waals surface area contributed by atoms with Crippen LogP contribution in [0.15, 0.2) is 36.6 Å². The van der Waals surface area contributed by atoms with Crippen LogP contribution >= 0.6 is 0 Å². The SMILES string of the molecule is C=CC[C@H]1C[C@]2([C@H](C)Cc3cc(F)c(OC)cc3F)OC(C)OC2=CC1=O. The van der Waals surface area contributed by atoms with E-state index in [1.165, 1.54) is 13.2 Å². The fourth-order valence-corrected chi connectivity index (χ4v) is 4.01. The van der Waals surface area contributed by atoms with Crippen molar-refractivity contribution in [3.8, 4) is 5.75 Å². The molecule has 27 heavy (non-hydrogen) atoms. The van der Waals surface area contributed by atoms with Crippen LogP contribution in [0.5, 0.6) is 5.75 Å². The molecule has 0 amide bonds. The van der Waals surface area contributed by atoms with Crippen LogP contribution in [0.2, 0.25) is 0 Å². The number of halogens is 2. The van der Waals surface area contributed by atoms with Gasteiger partial charge in [0.15, 0.2) is 23.6 Å². The quantitative estimate of drug-likeness (QED) is 0.691. The third-order valence-corrected chi connectivity index (χ3v) is 5.41. The van der Waals surface area contributed by atoms with Gasteiger partial charge in [0.05, 0.1) is 7.11 Å². The summed E-state index contributed by atoms with van der Waals surface area (Å²) in [5, 5.41) is 0. The second-order valence-corrected chi connectivity index (χ2v) is 7.21. The van der Waals surface area contributed by atoms with E-state index in [0.717, 1.165) is 12.1 Å². The maximum Gasteiger partial charge on any atom is 0.197 e. The van der Waals surface area contributed by atoms with E-state index in [1.54, 1.807) is 13.0 Å². The Morgan fingerprint density at radius 2 is 2.15 bits per heavy atom. The summed E-state index contributed by atoms with van der Waals surface area (Å²) in [5.74, 6) is -1.34. The van der Waals surface area contributed by atoms with Gasteiger partial charge in [-0.05, 0) is 43.7 Å². The first kappa shape index (κ1) is 19.5. The molecular formula is C21H24F2O4. The van der Waals surface area contributed by atoms with Crippen molar-refractivity contribution in [1.29, 1.82) is 0 Å². The molecule has 2 aliphatic rings. The average molecular weight is 378 g/mol. The maximum atomic E-state index is 14.4. The van der Waals surface area contributed by atoms with Crippen LogP contribution in [0.25, 0.3) is 0 Å². The molecule has 1 unspecified atom stereocenters.